The van der Waals surface area contributed by atoms with E-state index < -0.39 is 24.2 Å². The van der Waals surface area contributed by atoms with E-state index in [0.29, 0.717) is 5.56 Å². The normalized spacial score (nSPS) is 10.5. The van der Waals surface area contributed by atoms with Gasteiger partial charge in [-0.25, -0.2) is 4.39 Å². The van der Waals surface area contributed by atoms with Crippen molar-refractivity contribution in [2.45, 2.75) is 19.9 Å². The van der Waals surface area contributed by atoms with E-state index in [4.69, 9.17) is 16.3 Å². The highest BCUT2D eigenvalue weighted by Crippen LogP contribution is 2.26. The number of benzene rings is 3. The summed E-state index contributed by atoms with van der Waals surface area (Å²) in [6.07, 6.45) is 0. The molecule has 0 aliphatic rings. The number of nitrogens with one attached hydrogen (secondary N) is 3. The van der Waals surface area contributed by atoms with Crippen LogP contribution in [0.4, 0.5) is 15.8 Å². The molecule has 0 atom stereocenters. The van der Waals surface area contributed by atoms with Crippen LogP contribution in [0.15, 0.2) is 66.7 Å². The minimum Gasteiger partial charge on any atom is -0.483 e. The summed E-state index contributed by atoms with van der Waals surface area (Å²) in [5.74, 6) is -1.86. The summed E-state index contributed by atoms with van der Waals surface area (Å²) in [6, 6.07) is 16.6. The molecule has 0 spiro atoms. The molecule has 0 aliphatic heterocycles. The lowest BCUT2D eigenvalue weighted by Gasteiger charge is -2.14. The number of ether oxygens (including phenoxy) is 1. The molecular weight excluding hydrogens is 461 g/mol. The number of hydrogen-bond acceptors (Lipinski definition) is 4. The molecule has 0 bridgehead atoms. The highest BCUT2D eigenvalue weighted by atomic mass is 35.5. The molecule has 0 aliphatic carbocycles. The first kappa shape index (κ1) is 24.7. The van der Waals surface area contributed by atoms with Crippen LogP contribution in [0, 0.1) is 5.82 Å². The smallest absolute Gasteiger partial charge is 0.262 e. The van der Waals surface area contributed by atoms with Crippen molar-refractivity contribution in [3.05, 3.63) is 88.7 Å². The Morgan fingerprint density at radius 2 is 1.62 bits per heavy atom. The number of rotatable bonds is 8. The molecule has 0 heterocycles. The standard InChI is InChI=1S/C25H23ClFN3O4/c1-15(2)28-24(32)16-11-12-18(26)21(13-16)30-25(33)17-7-3-6-10-22(17)34-14-23(31)29-20-9-5-4-8-19(20)27/h3-13,15H,14H2,1-2H3,(H,28,32)(H,29,31)(H,30,33). The van der Waals surface area contributed by atoms with E-state index in [-0.39, 0.29) is 39.7 Å². The molecule has 176 valence electrons. The Morgan fingerprint density at radius 1 is 0.912 bits per heavy atom. The van der Waals surface area contributed by atoms with Gasteiger partial charge in [-0.1, -0.05) is 35.9 Å². The average molecular weight is 484 g/mol. The highest BCUT2D eigenvalue weighted by molar-refractivity contribution is 6.34. The van der Waals surface area contributed by atoms with Crippen LogP contribution in [0.5, 0.6) is 5.75 Å². The van der Waals surface area contributed by atoms with Gasteiger partial charge in [0.1, 0.15) is 11.6 Å². The van der Waals surface area contributed by atoms with Gasteiger partial charge in [-0.3, -0.25) is 14.4 Å². The molecule has 0 unspecified atom stereocenters. The zero-order chi connectivity index (χ0) is 24.7. The molecule has 0 aromatic heterocycles. The first-order valence-corrected chi connectivity index (χ1v) is 10.8. The second kappa shape index (κ2) is 11.3. The fraction of sp³-hybridized carbons (Fsp3) is 0.160. The first-order valence-electron chi connectivity index (χ1n) is 10.4. The first-order chi connectivity index (χ1) is 16.2. The number of halogens is 2. The number of hydrogen-bond donors (Lipinski definition) is 3. The van der Waals surface area contributed by atoms with Crippen molar-refractivity contribution in [3.63, 3.8) is 0 Å². The Kier molecular flexibility index (Phi) is 8.21. The monoisotopic (exact) mass is 483 g/mol. The molecule has 0 saturated heterocycles. The summed E-state index contributed by atoms with van der Waals surface area (Å²) in [5.41, 5.74) is 0.755. The zero-order valence-electron chi connectivity index (χ0n) is 18.5. The molecule has 3 N–H and O–H groups in total. The van der Waals surface area contributed by atoms with Crippen LogP contribution in [-0.4, -0.2) is 30.4 Å². The minimum atomic E-state index is -0.591. The van der Waals surface area contributed by atoms with Crippen molar-refractivity contribution in [2.75, 3.05) is 17.2 Å². The lowest BCUT2D eigenvalue weighted by atomic mass is 10.1. The number of anilines is 2. The summed E-state index contributed by atoms with van der Waals surface area (Å²) >= 11 is 6.21. The van der Waals surface area contributed by atoms with Gasteiger partial charge in [0.25, 0.3) is 17.7 Å². The molecule has 3 aromatic carbocycles. The Bertz CT molecular complexity index is 1220. The van der Waals surface area contributed by atoms with Crippen LogP contribution in [0.25, 0.3) is 0 Å². The Balaban J connectivity index is 1.70. The molecular formula is C25H23ClFN3O4. The molecule has 9 heteroatoms. The number of carbonyl (C=O) groups is 3. The summed E-state index contributed by atoms with van der Waals surface area (Å²) in [6.45, 7) is 3.23. The largest absolute Gasteiger partial charge is 0.483 e. The predicted octanol–water partition coefficient (Wildman–Crippen LogP) is 4.89. The maximum atomic E-state index is 13.7. The Hall–Kier alpha value is -3.91. The predicted molar refractivity (Wildman–Crippen MR) is 129 cm³/mol. The second-order valence-corrected chi connectivity index (χ2v) is 8.00. The van der Waals surface area contributed by atoms with Gasteiger partial charge in [0.2, 0.25) is 0 Å². The Labute approximate surface area is 201 Å². The molecule has 3 rings (SSSR count). The lowest BCUT2D eigenvalue weighted by Crippen LogP contribution is -2.30. The third kappa shape index (κ3) is 6.55. The number of amides is 3. The second-order valence-electron chi connectivity index (χ2n) is 7.59. The summed E-state index contributed by atoms with van der Waals surface area (Å²) < 4.78 is 19.2. The summed E-state index contributed by atoms with van der Waals surface area (Å²) in [4.78, 5) is 37.4. The highest BCUT2D eigenvalue weighted by Gasteiger charge is 2.17. The zero-order valence-corrected chi connectivity index (χ0v) is 19.3. The van der Waals surface area contributed by atoms with E-state index >= 15 is 0 Å². The fourth-order valence-electron chi connectivity index (χ4n) is 2.97. The Morgan fingerprint density at radius 3 is 2.35 bits per heavy atom. The van der Waals surface area contributed by atoms with Crippen molar-refractivity contribution in [1.29, 1.82) is 0 Å². The number of para-hydroxylation sites is 2. The van der Waals surface area contributed by atoms with E-state index in [0.717, 1.165) is 0 Å². The van der Waals surface area contributed by atoms with Crippen LogP contribution in [0.1, 0.15) is 34.6 Å². The van der Waals surface area contributed by atoms with Crippen LogP contribution in [0.3, 0.4) is 0 Å². The summed E-state index contributed by atoms with van der Waals surface area (Å²) in [5, 5.41) is 8.10. The topological polar surface area (TPSA) is 96.5 Å². The molecule has 3 aromatic rings. The van der Waals surface area contributed by atoms with E-state index in [9.17, 15) is 18.8 Å². The van der Waals surface area contributed by atoms with E-state index in [1.165, 1.54) is 42.5 Å². The third-order valence-corrected chi connectivity index (χ3v) is 4.86. The van der Waals surface area contributed by atoms with Gasteiger partial charge in [-0.05, 0) is 56.3 Å². The van der Waals surface area contributed by atoms with Crippen molar-refractivity contribution in [3.8, 4) is 5.75 Å². The van der Waals surface area contributed by atoms with Crippen LogP contribution in [0.2, 0.25) is 5.02 Å². The molecule has 3 amide bonds. The fourth-order valence-corrected chi connectivity index (χ4v) is 3.13. The van der Waals surface area contributed by atoms with Crippen LogP contribution >= 0.6 is 11.6 Å². The van der Waals surface area contributed by atoms with Crippen molar-refractivity contribution < 1.29 is 23.5 Å². The van der Waals surface area contributed by atoms with Gasteiger partial charge in [0, 0.05) is 11.6 Å². The molecule has 0 saturated carbocycles. The van der Waals surface area contributed by atoms with E-state index in [1.54, 1.807) is 24.3 Å². The molecule has 0 radical (unpaired) electrons. The quantitative estimate of drug-likeness (QED) is 0.425. The van der Waals surface area contributed by atoms with Gasteiger partial charge >= 0.3 is 0 Å². The van der Waals surface area contributed by atoms with Crippen molar-refractivity contribution in [2.24, 2.45) is 0 Å². The number of carbonyl (C=O) groups excluding carboxylic acids is 3. The minimum absolute atomic E-state index is 0.0261. The van der Waals surface area contributed by atoms with Gasteiger partial charge in [-0.2, -0.15) is 0 Å². The van der Waals surface area contributed by atoms with Crippen LogP contribution in [-0.2, 0) is 4.79 Å². The molecule has 0 fully saturated rings. The lowest BCUT2D eigenvalue weighted by molar-refractivity contribution is -0.118. The molecule has 7 nitrogen and oxygen atoms in total. The summed E-state index contributed by atoms with van der Waals surface area (Å²) in [7, 11) is 0. The van der Waals surface area contributed by atoms with Gasteiger partial charge in [0.15, 0.2) is 6.61 Å². The maximum Gasteiger partial charge on any atom is 0.262 e. The van der Waals surface area contributed by atoms with E-state index in [2.05, 4.69) is 16.0 Å². The van der Waals surface area contributed by atoms with E-state index in [1.807, 2.05) is 13.8 Å². The van der Waals surface area contributed by atoms with Crippen LogP contribution < -0.4 is 20.7 Å². The van der Waals surface area contributed by atoms with Crippen molar-refractivity contribution in [1.82, 2.24) is 5.32 Å². The van der Waals surface area contributed by atoms with Crippen molar-refractivity contribution >= 4 is 40.7 Å². The van der Waals surface area contributed by atoms with Gasteiger partial charge in [-0.15, -0.1) is 0 Å². The van der Waals surface area contributed by atoms with Gasteiger partial charge < -0.3 is 20.7 Å². The SMILES string of the molecule is CC(C)NC(=O)c1ccc(Cl)c(NC(=O)c2ccccc2OCC(=O)Nc2ccccc2F)c1. The average Bonchev–Trinajstić information content (AvgIpc) is 2.80. The van der Waals surface area contributed by atoms with Gasteiger partial charge in [0.05, 0.1) is 22.0 Å². The molecule has 34 heavy (non-hydrogen) atoms. The third-order valence-electron chi connectivity index (χ3n) is 4.53. The maximum absolute atomic E-state index is 13.7.